The lowest BCUT2D eigenvalue weighted by atomic mass is 10.0. The third kappa shape index (κ3) is 6.58. The van der Waals surface area contributed by atoms with Gasteiger partial charge in [-0.25, -0.2) is 0 Å². The topological polar surface area (TPSA) is 102 Å². The maximum Gasteiger partial charge on any atom is 0.221 e. The highest BCUT2D eigenvalue weighted by Crippen LogP contribution is 2.01. The third-order valence-electron chi connectivity index (χ3n) is 2.55. The quantitative estimate of drug-likeness (QED) is 0.306. The Morgan fingerprint density at radius 3 is 2.18 bits per heavy atom. The maximum atomic E-state index is 11.5. The molecule has 0 unspecified atom stereocenters. The Balaban J connectivity index is 3.83. The predicted octanol–water partition coefficient (Wildman–Crippen LogP) is -1.40. The van der Waals surface area contributed by atoms with Crippen molar-refractivity contribution in [1.82, 2.24) is 10.6 Å². The Morgan fingerprint density at radius 2 is 1.71 bits per heavy atom. The average molecular weight is 248 g/mol. The lowest BCUT2D eigenvalue weighted by Gasteiger charge is -2.28. The number of nitrogens with one attached hydrogen (secondary N) is 2. The molecule has 0 spiro atoms. The summed E-state index contributed by atoms with van der Waals surface area (Å²) < 4.78 is 0. The molecule has 0 atom stereocenters. The Hall–Kier alpha value is -0.690. The van der Waals surface area contributed by atoms with E-state index < -0.39 is 25.4 Å². The van der Waals surface area contributed by atoms with Crippen LogP contribution < -0.4 is 10.6 Å². The molecule has 5 N–H and O–H groups in total. The van der Waals surface area contributed by atoms with Crippen LogP contribution in [0.3, 0.4) is 0 Å². The summed E-state index contributed by atoms with van der Waals surface area (Å²) in [6.07, 6.45) is 2.42. The summed E-state index contributed by atoms with van der Waals surface area (Å²) in [5, 5.41) is 32.6. The van der Waals surface area contributed by atoms with Crippen LogP contribution in [0.5, 0.6) is 0 Å². The molecule has 0 aliphatic heterocycles. The molecule has 0 heterocycles. The van der Waals surface area contributed by atoms with Crippen molar-refractivity contribution in [3.05, 3.63) is 0 Å². The number of aliphatic hydroxyl groups excluding tert-OH is 3. The first-order chi connectivity index (χ1) is 8.14. The van der Waals surface area contributed by atoms with Gasteiger partial charge in [-0.1, -0.05) is 13.3 Å². The van der Waals surface area contributed by atoms with Gasteiger partial charge in [0, 0.05) is 13.0 Å². The van der Waals surface area contributed by atoms with Gasteiger partial charge in [0.2, 0.25) is 5.91 Å². The zero-order valence-electron chi connectivity index (χ0n) is 10.4. The largest absolute Gasteiger partial charge is 0.394 e. The normalized spacial score (nSPS) is 11.5. The lowest BCUT2D eigenvalue weighted by molar-refractivity contribution is -0.125. The first-order valence-corrected chi connectivity index (χ1v) is 5.98. The number of carbonyl (C=O) groups is 1. The SMILES string of the molecule is CCCCNCCC(=O)NC(CO)(CO)CO. The summed E-state index contributed by atoms with van der Waals surface area (Å²) in [6, 6.07) is 0. The molecular formula is C11H24N2O4. The zero-order chi connectivity index (χ0) is 13.1. The van der Waals surface area contributed by atoms with E-state index in [-0.39, 0.29) is 12.3 Å². The van der Waals surface area contributed by atoms with E-state index in [0.29, 0.717) is 6.54 Å². The highest BCUT2D eigenvalue weighted by molar-refractivity contribution is 5.77. The molecule has 1 amide bonds. The summed E-state index contributed by atoms with van der Waals surface area (Å²) in [6.45, 7) is 2.03. The Kier molecular flexibility index (Phi) is 8.97. The van der Waals surface area contributed by atoms with Gasteiger partial charge in [-0.2, -0.15) is 0 Å². The molecule has 0 aliphatic carbocycles. The van der Waals surface area contributed by atoms with Crippen LogP contribution in [0.15, 0.2) is 0 Å². The molecule has 0 saturated heterocycles. The van der Waals surface area contributed by atoms with Crippen molar-refractivity contribution in [3.8, 4) is 0 Å². The second-order valence-electron chi connectivity index (χ2n) is 4.16. The van der Waals surface area contributed by atoms with Gasteiger partial charge in [0.1, 0.15) is 5.54 Å². The van der Waals surface area contributed by atoms with Crippen molar-refractivity contribution < 1.29 is 20.1 Å². The summed E-state index contributed by atoms with van der Waals surface area (Å²) in [7, 11) is 0. The fourth-order valence-corrected chi connectivity index (χ4v) is 1.26. The number of aliphatic hydroxyl groups is 3. The molecule has 102 valence electrons. The fraction of sp³-hybridized carbons (Fsp3) is 0.909. The molecular weight excluding hydrogens is 224 g/mol. The van der Waals surface area contributed by atoms with Crippen LogP contribution in [0.4, 0.5) is 0 Å². The molecule has 6 heteroatoms. The molecule has 0 aromatic heterocycles. The molecule has 0 saturated carbocycles. The van der Waals surface area contributed by atoms with Crippen molar-refractivity contribution in [2.45, 2.75) is 31.7 Å². The Morgan fingerprint density at radius 1 is 1.12 bits per heavy atom. The van der Waals surface area contributed by atoms with E-state index in [4.69, 9.17) is 15.3 Å². The second kappa shape index (κ2) is 9.35. The molecule has 6 nitrogen and oxygen atoms in total. The maximum absolute atomic E-state index is 11.5. The molecule has 0 bridgehead atoms. The summed E-state index contributed by atoms with van der Waals surface area (Å²) in [5.41, 5.74) is -1.32. The van der Waals surface area contributed by atoms with Gasteiger partial charge < -0.3 is 26.0 Å². The van der Waals surface area contributed by atoms with Gasteiger partial charge in [-0.05, 0) is 13.0 Å². The standard InChI is InChI=1S/C11H24N2O4/c1-2-3-5-12-6-4-10(17)13-11(7-14,8-15)9-16/h12,14-16H,2-9H2,1H3,(H,13,17). The Bertz CT molecular complexity index is 199. The number of carbonyl (C=O) groups excluding carboxylic acids is 1. The number of unbranched alkanes of at least 4 members (excludes halogenated alkanes) is 1. The van der Waals surface area contributed by atoms with Crippen LogP contribution in [0.25, 0.3) is 0 Å². The van der Waals surface area contributed by atoms with Gasteiger partial charge >= 0.3 is 0 Å². The van der Waals surface area contributed by atoms with Gasteiger partial charge in [0.05, 0.1) is 19.8 Å². The van der Waals surface area contributed by atoms with Crippen molar-refractivity contribution in [2.24, 2.45) is 0 Å². The van der Waals surface area contributed by atoms with Crippen LogP contribution in [-0.4, -0.2) is 59.7 Å². The van der Waals surface area contributed by atoms with Crippen LogP contribution in [0, 0.1) is 0 Å². The van der Waals surface area contributed by atoms with Crippen molar-refractivity contribution >= 4 is 5.91 Å². The molecule has 0 fully saturated rings. The molecule has 0 aromatic carbocycles. The van der Waals surface area contributed by atoms with Gasteiger partial charge in [-0.15, -0.1) is 0 Å². The minimum absolute atomic E-state index is 0.255. The van der Waals surface area contributed by atoms with E-state index in [9.17, 15) is 4.79 Å². The van der Waals surface area contributed by atoms with E-state index in [0.717, 1.165) is 19.4 Å². The van der Waals surface area contributed by atoms with Crippen LogP contribution in [0.2, 0.25) is 0 Å². The summed E-state index contributed by atoms with van der Waals surface area (Å²) in [5.74, 6) is -0.300. The van der Waals surface area contributed by atoms with Gasteiger partial charge in [0.25, 0.3) is 0 Å². The minimum atomic E-state index is -1.32. The number of hydrogen-bond acceptors (Lipinski definition) is 5. The number of rotatable bonds is 10. The van der Waals surface area contributed by atoms with Gasteiger partial charge in [-0.3, -0.25) is 4.79 Å². The van der Waals surface area contributed by atoms with Crippen LogP contribution >= 0.6 is 0 Å². The monoisotopic (exact) mass is 248 g/mol. The van der Waals surface area contributed by atoms with Crippen molar-refractivity contribution in [2.75, 3.05) is 32.9 Å². The van der Waals surface area contributed by atoms with E-state index in [1.54, 1.807) is 0 Å². The molecule has 17 heavy (non-hydrogen) atoms. The van der Waals surface area contributed by atoms with E-state index in [2.05, 4.69) is 17.6 Å². The van der Waals surface area contributed by atoms with E-state index in [1.807, 2.05) is 0 Å². The lowest BCUT2D eigenvalue weighted by Crippen LogP contribution is -2.57. The highest BCUT2D eigenvalue weighted by Gasteiger charge is 2.29. The first kappa shape index (κ1) is 16.3. The average Bonchev–Trinajstić information content (AvgIpc) is 2.36. The second-order valence-corrected chi connectivity index (χ2v) is 4.16. The third-order valence-corrected chi connectivity index (χ3v) is 2.55. The first-order valence-electron chi connectivity index (χ1n) is 5.98. The van der Waals surface area contributed by atoms with E-state index in [1.165, 1.54) is 0 Å². The summed E-state index contributed by atoms with van der Waals surface area (Å²) in [4.78, 5) is 11.5. The minimum Gasteiger partial charge on any atom is -0.394 e. The number of amides is 1. The molecule has 0 rings (SSSR count). The molecule has 0 aliphatic rings. The molecule has 0 radical (unpaired) electrons. The smallest absolute Gasteiger partial charge is 0.221 e. The van der Waals surface area contributed by atoms with Crippen LogP contribution in [0.1, 0.15) is 26.2 Å². The predicted molar refractivity (Wildman–Crippen MR) is 64.5 cm³/mol. The Labute approximate surface area is 102 Å². The zero-order valence-corrected chi connectivity index (χ0v) is 10.4. The molecule has 0 aromatic rings. The fourth-order valence-electron chi connectivity index (χ4n) is 1.26. The van der Waals surface area contributed by atoms with Gasteiger partial charge in [0.15, 0.2) is 0 Å². The number of hydrogen-bond donors (Lipinski definition) is 5. The van der Waals surface area contributed by atoms with Crippen LogP contribution in [-0.2, 0) is 4.79 Å². The highest BCUT2D eigenvalue weighted by atomic mass is 16.3. The van der Waals surface area contributed by atoms with Crippen molar-refractivity contribution in [1.29, 1.82) is 0 Å². The summed E-state index contributed by atoms with van der Waals surface area (Å²) >= 11 is 0. The van der Waals surface area contributed by atoms with Crippen molar-refractivity contribution in [3.63, 3.8) is 0 Å². The van der Waals surface area contributed by atoms with E-state index >= 15 is 0 Å².